The van der Waals surface area contributed by atoms with Crippen molar-refractivity contribution in [2.75, 3.05) is 26.3 Å². The molecule has 5 heteroatoms. The van der Waals surface area contributed by atoms with Gasteiger partial charge in [0, 0.05) is 29.6 Å². The first kappa shape index (κ1) is 17.7. The molecule has 5 aliphatic heterocycles. The van der Waals surface area contributed by atoms with E-state index in [4.69, 9.17) is 9.47 Å². The van der Waals surface area contributed by atoms with E-state index in [-0.39, 0.29) is 6.23 Å². The van der Waals surface area contributed by atoms with Gasteiger partial charge in [-0.15, -0.1) is 0 Å². The average molecular weight is 406 g/mol. The van der Waals surface area contributed by atoms with Crippen LogP contribution in [-0.2, 0) is 15.9 Å². The summed E-state index contributed by atoms with van der Waals surface area (Å²) >= 11 is 0. The van der Waals surface area contributed by atoms with Crippen LogP contribution in [0, 0.1) is 5.41 Å². The summed E-state index contributed by atoms with van der Waals surface area (Å²) in [5, 5.41) is 5.21. The number of benzene rings is 1. The first-order chi connectivity index (χ1) is 14.8. The first-order valence-electron chi connectivity index (χ1n) is 11.9. The fourth-order valence-corrected chi connectivity index (χ4v) is 7.35. The Morgan fingerprint density at radius 1 is 1.20 bits per heavy atom. The van der Waals surface area contributed by atoms with Gasteiger partial charge < -0.3 is 19.4 Å². The van der Waals surface area contributed by atoms with Crippen molar-refractivity contribution in [3.05, 3.63) is 47.0 Å². The largest absolute Gasteiger partial charge is 0.471 e. The molecule has 2 aromatic rings. The molecule has 0 saturated carbocycles. The fraction of sp³-hybridized carbons (Fsp3) is 0.600. The summed E-state index contributed by atoms with van der Waals surface area (Å²) < 4.78 is 15.0. The van der Waals surface area contributed by atoms with E-state index in [0.29, 0.717) is 24.1 Å². The van der Waals surface area contributed by atoms with Crippen LogP contribution in [0.2, 0.25) is 0 Å². The topological polar surface area (TPSA) is 38.7 Å². The Hall–Kier alpha value is -1.98. The molecule has 0 radical (unpaired) electrons. The molecule has 6 heterocycles. The normalized spacial score (nSPS) is 35.0. The molecule has 7 rings (SSSR count). The van der Waals surface area contributed by atoms with Gasteiger partial charge in [-0.1, -0.05) is 25.1 Å². The Morgan fingerprint density at radius 3 is 3.03 bits per heavy atom. The maximum absolute atomic E-state index is 6.59. The van der Waals surface area contributed by atoms with Crippen molar-refractivity contribution in [3.8, 4) is 0 Å². The Balaban J connectivity index is 1.42. The Bertz CT molecular complexity index is 1040. The first-order valence-corrected chi connectivity index (χ1v) is 11.9. The molecule has 1 aromatic carbocycles. The number of hydrogen-bond acceptors (Lipinski definition) is 4. The number of para-hydroxylation sites is 1. The van der Waals surface area contributed by atoms with Crippen LogP contribution in [0.5, 0.6) is 0 Å². The molecule has 1 saturated heterocycles. The van der Waals surface area contributed by atoms with Gasteiger partial charge >= 0.3 is 0 Å². The molecule has 5 nitrogen and oxygen atoms in total. The van der Waals surface area contributed by atoms with Gasteiger partial charge in [0.05, 0.1) is 31.0 Å². The molecule has 0 aliphatic carbocycles. The Kier molecular flexibility index (Phi) is 3.69. The second-order valence-electron chi connectivity index (χ2n) is 9.92. The lowest BCUT2D eigenvalue weighted by Crippen LogP contribution is -2.55. The summed E-state index contributed by atoms with van der Waals surface area (Å²) in [4.78, 5) is 2.81. The number of aromatic nitrogens is 1. The Morgan fingerprint density at radius 2 is 2.13 bits per heavy atom. The summed E-state index contributed by atoms with van der Waals surface area (Å²) in [6.07, 6.45) is 7.18. The van der Waals surface area contributed by atoms with E-state index in [2.05, 4.69) is 46.0 Å². The molecule has 158 valence electrons. The van der Waals surface area contributed by atoms with E-state index in [1.165, 1.54) is 61.8 Å². The number of hydrogen-bond donors (Lipinski definition) is 1. The van der Waals surface area contributed by atoms with E-state index in [1.54, 1.807) is 11.3 Å². The molecule has 2 unspecified atom stereocenters. The lowest BCUT2D eigenvalue weighted by atomic mass is 9.63. The summed E-state index contributed by atoms with van der Waals surface area (Å²) in [5.74, 6) is 1.13. The van der Waals surface area contributed by atoms with E-state index in [0.717, 1.165) is 18.8 Å². The quantitative estimate of drug-likeness (QED) is 0.811. The number of nitrogens with one attached hydrogen (secondary N) is 1. The molecule has 5 aliphatic rings. The van der Waals surface area contributed by atoms with Gasteiger partial charge in [0.2, 0.25) is 0 Å². The van der Waals surface area contributed by atoms with E-state index in [1.807, 2.05) is 0 Å². The zero-order valence-electron chi connectivity index (χ0n) is 17.8. The van der Waals surface area contributed by atoms with Crippen molar-refractivity contribution >= 4 is 10.9 Å². The molecule has 1 N–H and O–H groups in total. The molecule has 1 aromatic heterocycles. The van der Waals surface area contributed by atoms with Crippen molar-refractivity contribution < 1.29 is 9.47 Å². The minimum absolute atomic E-state index is 0.0123. The third-order valence-corrected chi connectivity index (χ3v) is 8.67. The van der Waals surface area contributed by atoms with Crippen LogP contribution in [0.3, 0.4) is 0 Å². The van der Waals surface area contributed by atoms with E-state index < -0.39 is 0 Å². The summed E-state index contributed by atoms with van der Waals surface area (Å²) in [7, 11) is 0. The number of rotatable bonds is 2. The lowest BCUT2D eigenvalue weighted by Gasteiger charge is -2.57. The predicted octanol–water partition coefficient (Wildman–Crippen LogP) is 4.25. The van der Waals surface area contributed by atoms with Gasteiger partial charge in [-0.2, -0.15) is 0 Å². The summed E-state index contributed by atoms with van der Waals surface area (Å²) in [5.41, 5.74) is 6.14. The van der Waals surface area contributed by atoms with Gasteiger partial charge in [0.15, 0.2) is 6.23 Å². The molecule has 30 heavy (non-hydrogen) atoms. The van der Waals surface area contributed by atoms with Crippen molar-refractivity contribution in [2.45, 2.75) is 63.8 Å². The van der Waals surface area contributed by atoms with Gasteiger partial charge in [-0.25, -0.2) is 0 Å². The van der Waals surface area contributed by atoms with Gasteiger partial charge in [-0.05, 0) is 55.7 Å². The molecule has 4 atom stereocenters. The second-order valence-corrected chi connectivity index (χ2v) is 9.92. The molecule has 0 amide bonds. The highest BCUT2D eigenvalue weighted by Gasteiger charge is 2.55. The zero-order valence-corrected chi connectivity index (χ0v) is 17.8. The monoisotopic (exact) mass is 405 g/mol. The van der Waals surface area contributed by atoms with E-state index in [9.17, 15) is 0 Å². The SMILES string of the molecule is CC[C@]12CCCN3CCc4c(n(c5ccccc45)C(C4NC5=C(CCOC5)O4)C1)[C@@H]32. The number of fused-ring (bicyclic) bond motifs is 3. The van der Waals surface area contributed by atoms with Crippen molar-refractivity contribution in [3.63, 3.8) is 0 Å². The highest BCUT2D eigenvalue weighted by Crippen LogP contribution is 2.60. The van der Waals surface area contributed by atoms with Gasteiger partial charge in [0.1, 0.15) is 5.76 Å². The smallest absolute Gasteiger partial charge is 0.190 e. The van der Waals surface area contributed by atoms with Crippen LogP contribution in [0.25, 0.3) is 10.9 Å². The maximum Gasteiger partial charge on any atom is 0.190 e. The lowest BCUT2D eigenvalue weighted by molar-refractivity contribution is -0.0593. The predicted molar refractivity (Wildman–Crippen MR) is 116 cm³/mol. The molecular formula is C25H31N3O2. The standard InChI is InChI=1S/C25H31N3O2/c1-2-25-10-5-11-27-12-8-17-16-6-3-4-7-19(16)28(22(17)23(25)27)20(14-25)24-26-18-15-29-13-9-21(18)30-24/h3-4,6-7,20,23-24,26H,2,5,8-15H2,1H3/t20?,23-,24?,25+/m1/s1. The van der Waals surface area contributed by atoms with Crippen LogP contribution in [0.1, 0.15) is 62.4 Å². The highest BCUT2D eigenvalue weighted by atomic mass is 16.5. The second kappa shape index (κ2) is 6.27. The minimum atomic E-state index is 0.0123. The third kappa shape index (κ3) is 2.20. The molecule has 0 bridgehead atoms. The van der Waals surface area contributed by atoms with Crippen LogP contribution < -0.4 is 5.32 Å². The van der Waals surface area contributed by atoms with Gasteiger partial charge in [0.25, 0.3) is 0 Å². The summed E-state index contributed by atoms with van der Waals surface area (Å²) in [6.45, 7) is 6.33. The van der Waals surface area contributed by atoms with Crippen LogP contribution in [0.4, 0.5) is 0 Å². The van der Waals surface area contributed by atoms with Gasteiger partial charge in [-0.3, -0.25) is 4.90 Å². The number of piperidine rings is 1. The van der Waals surface area contributed by atoms with E-state index >= 15 is 0 Å². The minimum Gasteiger partial charge on any atom is -0.471 e. The van der Waals surface area contributed by atoms with Crippen LogP contribution in [-0.4, -0.2) is 42.0 Å². The fourth-order valence-electron chi connectivity index (χ4n) is 7.35. The van der Waals surface area contributed by atoms with Crippen molar-refractivity contribution in [1.29, 1.82) is 0 Å². The van der Waals surface area contributed by atoms with Crippen LogP contribution >= 0.6 is 0 Å². The van der Waals surface area contributed by atoms with Crippen molar-refractivity contribution in [2.24, 2.45) is 5.41 Å². The average Bonchev–Trinajstić information content (AvgIpc) is 3.38. The van der Waals surface area contributed by atoms with Crippen molar-refractivity contribution in [1.82, 2.24) is 14.8 Å². The van der Waals surface area contributed by atoms with Crippen LogP contribution in [0.15, 0.2) is 35.7 Å². The highest BCUT2D eigenvalue weighted by molar-refractivity contribution is 5.86. The molecule has 0 spiro atoms. The third-order valence-electron chi connectivity index (χ3n) is 8.67. The number of nitrogens with zero attached hydrogens (tertiary/aromatic N) is 2. The number of ether oxygens (including phenoxy) is 2. The molecular weight excluding hydrogens is 374 g/mol. The summed E-state index contributed by atoms with van der Waals surface area (Å²) in [6, 6.07) is 9.98. The zero-order chi connectivity index (χ0) is 19.9. The Labute approximate surface area is 178 Å². The molecule has 1 fully saturated rings. The maximum atomic E-state index is 6.59.